The fourth-order valence-corrected chi connectivity index (χ4v) is 1.87. The molecule has 0 aliphatic heterocycles. The normalized spacial score (nSPS) is 14.9. The van der Waals surface area contributed by atoms with Gasteiger partial charge in [-0.3, -0.25) is 0 Å². The molecule has 0 bridgehead atoms. The molecule has 1 atom stereocenters. The zero-order valence-electron chi connectivity index (χ0n) is 11.2. The molecule has 1 rings (SSSR count). The van der Waals surface area contributed by atoms with Gasteiger partial charge in [-0.05, 0) is 37.9 Å². The SMILES string of the molecule is CC(C)CNCCC(C)(O)Cc1ccccc1. The summed E-state index contributed by atoms with van der Waals surface area (Å²) in [4.78, 5) is 0. The minimum absolute atomic E-state index is 0.620. The second-order valence-corrected chi connectivity index (χ2v) is 5.51. The highest BCUT2D eigenvalue weighted by molar-refractivity contribution is 5.16. The minimum atomic E-state index is -0.620. The molecule has 2 heteroatoms. The van der Waals surface area contributed by atoms with Crippen LogP contribution in [-0.4, -0.2) is 23.8 Å². The average Bonchev–Trinajstić information content (AvgIpc) is 2.25. The first-order chi connectivity index (χ1) is 7.99. The van der Waals surface area contributed by atoms with Crippen LogP contribution in [0.5, 0.6) is 0 Å². The Morgan fingerprint density at radius 2 is 1.88 bits per heavy atom. The molecule has 0 fully saturated rings. The van der Waals surface area contributed by atoms with E-state index in [-0.39, 0.29) is 0 Å². The predicted molar refractivity (Wildman–Crippen MR) is 73.1 cm³/mol. The third kappa shape index (κ3) is 6.44. The van der Waals surface area contributed by atoms with E-state index < -0.39 is 5.60 Å². The lowest BCUT2D eigenvalue weighted by Crippen LogP contribution is -2.33. The van der Waals surface area contributed by atoms with Crippen LogP contribution in [0, 0.1) is 5.92 Å². The number of aliphatic hydroxyl groups is 1. The molecule has 0 aliphatic carbocycles. The topological polar surface area (TPSA) is 32.3 Å². The number of nitrogens with one attached hydrogen (secondary N) is 1. The zero-order valence-corrected chi connectivity index (χ0v) is 11.2. The van der Waals surface area contributed by atoms with Gasteiger partial charge in [0.2, 0.25) is 0 Å². The first-order valence-electron chi connectivity index (χ1n) is 6.47. The fourth-order valence-electron chi connectivity index (χ4n) is 1.87. The van der Waals surface area contributed by atoms with E-state index in [4.69, 9.17) is 0 Å². The zero-order chi connectivity index (χ0) is 12.7. The van der Waals surface area contributed by atoms with E-state index in [9.17, 15) is 5.11 Å². The highest BCUT2D eigenvalue weighted by atomic mass is 16.3. The Labute approximate surface area is 105 Å². The number of benzene rings is 1. The van der Waals surface area contributed by atoms with Gasteiger partial charge in [0, 0.05) is 6.42 Å². The monoisotopic (exact) mass is 235 g/mol. The van der Waals surface area contributed by atoms with Crippen LogP contribution < -0.4 is 5.32 Å². The van der Waals surface area contributed by atoms with Crippen LogP contribution in [0.3, 0.4) is 0 Å². The van der Waals surface area contributed by atoms with E-state index in [0.717, 1.165) is 25.9 Å². The average molecular weight is 235 g/mol. The van der Waals surface area contributed by atoms with Gasteiger partial charge >= 0.3 is 0 Å². The fraction of sp³-hybridized carbons (Fsp3) is 0.600. The van der Waals surface area contributed by atoms with Crippen LogP contribution in [-0.2, 0) is 6.42 Å². The van der Waals surface area contributed by atoms with Crippen molar-refractivity contribution in [3.63, 3.8) is 0 Å². The molecular formula is C15H25NO. The summed E-state index contributed by atoms with van der Waals surface area (Å²) in [5.74, 6) is 0.661. The molecule has 0 heterocycles. The smallest absolute Gasteiger partial charge is 0.0672 e. The molecule has 17 heavy (non-hydrogen) atoms. The maximum Gasteiger partial charge on any atom is 0.0672 e. The summed E-state index contributed by atoms with van der Waals surface area (Å²) in [6.07, 6.45) is 1.51. The van der Waals surface area contributed by atoms with Gasteiger partial charge in [-0.1, -0.05) is 44.2 Å². The van der Waals surface area contributed by atoms with Gasteiger partial charge in [-0.2, -0.15) is 0 Å². The summed E-state index contributed by atoms with van der Waals surface area (Å²) in [5.41, 5.74) is 0.576. The van der Waals surface area contributed by atoms with Crippen LogP contribution in [0.4, 0.5) is 0 Å². The van der Waals surface area contributed by atoms with E-state index in [1.165, 1.54) is 5.56 Å². The molecule has 1 aromatic carbocycles. The van der Waals surface area contributed by atoms with Crippen molar-refractivity contribution in [3.8, 4) is 0 Å². The van der Waals surface area contributed by atoms with Gasteiger partial charge in [-0.15, -0.1) is 0 Å². The van der Waals surface area contributed by atoms with E-state index in [1.54, 1.807) is 0 Å². The molecule has 0 amide bonds. The molecule has 96 valence electrons. The van der Waals surface area contributed by atoms with Crippen molar-refractivity contribution in [2.45, 2.75) is 39.2 Å². The Hall–Kier alpha value is -0.860. The van der Waals surface area contributed by atoms with Crippen LogP contribution in [0.15, 0.2) is 30.3 Å². The molecule has 0 saturated carbocycles. The van der Waals surface area contributed by atoms with Crippen molar-refractivity contribution in [1.29, 1.82) is 0 Å². The number of hydrogen-bond donors (Lipinski definition) is 2. The quantitative estimate of drug-likeness (QED) is 0.712. The van der Waals surface area contributed by atoms with Gasteiger partial charge in [-0.25, -0.2) is 0 Å². The molecule has 1 aromatic rings. The lowest BCUT2D eigenvalue weighted by atomic mass is 9.93. The molecular weight excluding hydrogens is 210 g/mol. The van der Waals surface area contributed by atoms with E-state index in [2.05, 4.69) is 31.3 Å². The highest BCUT2D eigenvalue weighted by Crippen LogP contribution is 2.16. The highest BCUT2D eigenvalue weighted by Gasteiger charge is 2.20. The van der Waals surface area contributed by atoms with Crippen LogP contribution in [0.2, 0.25) is 0 Å². The Kier molecular flexibility index (Phi) is 5.66. The number of rotatable bonds is 7. The van der Waals surface area contributed by atoms with E-state index in [1.807, 2.05) is 25.1 Å². The van der Waals surface area contributed by atoms with Crippen molar-refractivity contribution in [2.24, 2.45) is 5.92 Å². The summed E-state index contributed by atoms with van der Waals surface area (Å²) < 4.78 is 0. The van der Waals surface area contributed by atoms with E-state index >= 15 is 0 Å². The third-order valence-electron chi connectivity index (χ3n) is 2.82. The molecule has 2 nitrogen and oxygen atoms in total. The van der Waals surface area contributed by atoms with Crippen LogP contribution in [0.25, 0.3) is 0 Å². The summed E-state index contributed by atoms with van der Waals surface area (Å²) >= 11 is 0. The largest absolute Gasteiger partial charge is 0.390 e. The Morgan fingerprint density at radius 3 is 2.47 bits per heavy atom. The van der Waals surface area contributed by atoms with Gasteiger partial charge in [0.1, 0.15) is 0 Å². The molecule has 0 radical (unpaired) electrons. The maximum absolute atomic E-state index is 10.3. The maximum atomic E-state index is 10.3. The first-order valence-corrected chi connectivity index (χ1v) is 6.47. The molecule has 0 aromatic heterocycles. The number of hydrogen-bond acceptors (Lipinski definition) is 2. The molecule has 0 saturated heterocycles. The van der Waals surface area contributed by atoms with E-state index in [0.29, 0.717) is 5.92 Å². The molecule has 0 aliphatic rings. The Balaban J connectivity index is 2.31. The summed E-state index contributed by atoms with van der Waals surface area (Å²) in [7, 11) is 0. The Morgan fingerprint density at radius 1 is 1.24 bits per heavy atom. The van der Waals surface area contributed by atoms with Crippen LogP contribution >= 0.6 is 0 Å². The first kappa shape index (κ1) is 14.2. The molecule has 0 spiro atoms. The summed E-state index contributed by atoms with van der Waals surface area (Å²) in [5, 5.41) is 13.7. The van der Waals surface area contributed by atoms with Crippen molar-refractivity contribution in [2.75, 3.05) is 13.1 Å². The van der Waals surface area contributed by atoms with Gasteiger partial charge in [0.25, 0.3) is 0 Å². The van der Waals surface area contributed by atoms with Crippen molar-refractivity contribution in [3.05, 3.63) is 35.9 Å². The third-order valence-corrected chi connectivity index (χ3v) is 2.82. The van der Waals surface area contributed by atoms with Crippen molar-refractivity contribution >= 4 is 0 Å². The van der Waals surface area contributed by atoms with Crippen molar-refractivity contribution < 1.29 is 5.11 Å². The van der Waals surface area contributed by atoms with Crippen LogP contribution in [0.1, 0.15) is 32.8 Å². The molecule has 2 N–H and O–H groups in total. The van der Waals surface area contributed by atoms with Crippen molar-refractivity contribution in [1.82, 2.24) is 5.32 Å². The Bertz CT molecular complexity index is 306. The standard InChI is InChI=1S/C15H25NO/c1-13(2)12-16-10-9-15(3,17)11-14-7-5-4-6-8-14/h4-8,13,16-17H,9-12H2,1-3H3. The van der Waals surface area contributed by atoms with Gasteiger partial charge in [0.15, 0.2) is 0 Å². The molecule has 1 unspecified atom stereocenters. The second kappa shape index (κ2) is 6.77. The summed E-state index contributed by atoms with van der Waals surface area (Å²) in [6.45, 7) is 8.18. The lowest BCUT2D eigenvalue weighted by Gasteiger charge is -2.23. The second-order valence-electron chi connectivity index (χ2n) is 5.51. The van der Waals surface area contributed by atoms with Gasteiger partial charge in [0.05, 0.1) is 5.60 Å². The predicted octanol–water partition coefficient (Wildman–Crippen LogP) is 2.62. The summed E-state index contributed by atoms with van der Waals surface area (Å²) in [6, 6.07) is 10.2. The minimum Gasteiger partial charge on any atom is -0.390 e. The lowest BCUT2D eigenvalue weighted by molar-refractivity contribution is 0.0514. The van der Waals surface area contributed by atoms with Gasteiger partial charge < -0.3 is 10.4 Å².